The molecule has 76 valence electrons. The molecule has 1 aromatic rings. The molecule has 1 aromatic carbocycles. The first-order valence-electron chi connectivity index (χ1n) is 4.39. The number of nitrogen functional groups attached to an aromatic ring is 2. The van der Waals surface area contributed by atoms with Gasteiger partial charge < -0.3 is 11.5 Å². The van der Waals surface area contributed by atoms with Gasteiger partial charge in [0, 0.05) is 23.4 Å². The maximum absolute atomic E-state index is 8.04. The standard InChI is InChI=1S/C10H11N5/c11-9-6-3-5-8(10(9)12)4-1-2-7-14-15-13/h3,5-6H,2,7,11-12H2. The van der Waals surface area contributed by atoms with Crippen LogP contribution in [-0.2, 0) is 0 Å². The molecule has 0 atom stereocenters. The van der Waals surface area contributed by atoms with Crippen molar-refractivity contribution in [1.82, 2.24) is 0 Å². The maximum Gasteiger partial charge on any atom is 0.0706 e. The minimum atomic E-state index is 0.367. The van der Waals surface area contributed by atoms with Crippen molar-refractivity contribution in [3.63, 3.8) is 0 Å². The lowest BCUT2D eigenvalue weighted by Gasteiger charge is -2.00. The van der Waals surface area contributed by atoms with Crippen LogP contribution in [0.3, 0.4) is 0 Å². The Kier molecular flexibility index (Phi) is 3.90. The van der Waals surface area contributed by atoms with Gasteiger partial charge in [-0.25, -0.2) is 0 Å². The van der Waals surface area contributed by atoms with Crippen molar-refractivity contribution in [3.05, 3.63) is 34.2 Å². The molecule has 0 spiro atoms. The summed E-state index contributed by atoms with van der Waals surface area (Å²) in [4.78, 5) is 2.62. The Morgan fingerprint density at radius 1 is 1.40 bits per heavy atom. The summed E-state index contributed by atoms with van der Waals surface area (Å²) >= 11 is 0. The second-order valence-electron chi connectivity index (χ2n) is 2.81. The third-order valence-electron chi connectivity index (χ3n) is 1.76. The van der Waals surface area contributed by atoms with Crippen molar-refractivity contribution in [2.45, 2.75) is 6.42 Å². The van der Waals surface area contributed by atoms with Gasteiger partial charge in [0.05, 0.1) is 11.4 Å². The second-order valence-corrected chi connectivity index (χ2v) is 2.81. The van der Waals surface area contributed by atoms with Gasteiger partial charge in [-0.2, -0.15) is 0 Å². The molecule has 0 aliphatic rings. The third-order valence-corrected chi connectivity index (χ3v) is 1.76. The fourth-order valence-corrected chi connectivity index (χ4v) is 1.00. The summed E-state index contributed by atoms with van der Waals surface area (Å²) < 4.78 is 0. The molecular weight excluding hydrogens is 190 g/mol. The number of hydrogen-bond donors (Lipinski definition) is 2. The summed E-state index contributed by atoms with van der Waals surface area (Å²) in [5, 5.41) is 3.37. The maximum atomic E-state index is 8.04. The van der Waals surface area contributed by atoms with Crippen LogP contribution < -0.4 is 11.5 Å². The van der Waals surface area contributed by atoms with E-state index in [2.05, 4.69) is 21.9 Å². The van der Waals surface area contributed by atoms with Gasteiger partial charge in [-0.3, -0.25) is 0 Å². The molecule has 15 heavy (non-hydrogen) atoms. The van der Waals surface area contributed by atoms with E-state index in [9.17, 15) is 0 Å². The number of anilines is 2. The predicted octanol–water partition coefficient (Wildman–Crippen LogP) is 1.90. The van der Waals surface area contributed by atoms with Gasteiger partial charge in [0.15, 0.2) is 0 Å². The highest BCUT2D eigenvalue weighted by Gasteiger charge is 1.97. The van der Waals surface area contributed by atoms with E-state index in [0.717, 1.165) is 0 Å². The Balaban J connectivity index is 2.71. The monoisotopic (exact) mass is 201 g/mol. The lowest BCUT2D eigenvalue weighted by Crippen LogP contribution is -1.96. The highest BCUT2D eigenvalue weighted by Crippen LogP contribution is 2.17. The third kappa shape index (κ3) is 3.14. The van der Waals surface area contributed by atoms with Gasteiger partial charge in [-0.15, -0.1) is 0 Å². The van der Waals surface area contributed by atoms with Crippen LogP contribution in [0.5, 0.6) is 0 Å². The van der Waals surface area contributed by atoms with E-state index in [-0.39, 0.29) is 0 Å². The second kappa shape index (κ2) is 5.43. The molecular formula is C10H11N5. The average molecular weight is 201 g/mol. The van der Waals surface area contributed by atoms with E-state index in [4.69, 9.17) is 17.0 Å². The van der Waals surface area contributed by atoms with Gasteiger partial charge in [0.1, 0.15) is 0 Å². The van der Waals surface area contributed by atoms with Crippen molar-refractivity contribution >= 4 is 11.4 Å². The van der Waals surface area contributed by atoms with E-state index in [1.54, 1.807) is 18.2 Å². The normalized spacial score (nSPS) is 8.53. The minimum Gasteiger partial charge on any atom is -0.397 e. The lowest BCUT2D eigenvalue weighted by molar-refractivity contribution is 1.01. The quantitative estimate of drug-likeness (QED) is 0.191. The smallest absolute Gasteiger partial charge is 0.0706 e. The van der Waals surface area contributed by atoms with Crippen LogP contribution in [-0.4, -0.2) is 6.54 Å². The van der Waals surface area contributed by atoms with Gasteiger partial charge in [0.2, 0.25) is 0 Å². The molecule has 4 N–H and O–H groups in total. The van der Waals surface area contributed by atoms with Crippen LogP contribution in [0.15, 0.2) is 23.3 Å². The van der Waals surface area contributed by atoms with E-state index < -0.39 is 0 Å². The van der Waals surface area contributed by atoms with Crippen LogP contribution in [0.1, 0.15) is 12.0 Å². The summed E-state index contributed by atoms with van der Waals surface area (Å²) in [5.74, 6) is 5.73. The van der Waals surface area contributed by atoms with E-state index in [0.29, 0.717) is 29.9 Å². The molecule has 0 radical (unpaired) electrons. The Labute approximate surface area is 87.7 Å². The number of para-hydroxylation sites is 1. The molecule has 0 aromatic heterocycles. The highest BCUT2D eigenvalue weighted by molar-refractivity contribution is 5.71. The summed E-state index contributed by atoms with van der Waals surface area (Å²) in [7, 11) is 0. The molecule has 0 saturated heterocycles. The molecule has 0 aliphatic heterocycles. The Morgan fingerprint density at radius 3 is 2.93 bits per heavy atom. The molecule has 5 heteroatoms. The first kappa shape index (κ1) is 10.8. The molecule has 0 bridgehead atoms. The fourth-order valence-electron chi connectivity index (χ4n) is 1.00. The van der Waals surface area contributed by atoms with E-state index in [1.165, 1.54) is 0 Å². The van der Waals surface area contributed by atoms with Gasteiger partial charge in [-0.05, 0) is 17.7 Å². The van der Waals surface area contributed by atoms with Gasteiger partial charge >= 0.3 is 0 Å². The molecule has 0 unspecified atom stereocenters. The van der Waals surface area contributed by atoms with Crippen LogP contribution in [0.4, 0.5) is 11.4 Å². The largest absolute Gasteiger partial charge is 0.397 e. The molecule has 0 fully saturated rings. The molecule has 0 saturated carbocycles. The zero-order valence-corrected chi connectivity index (χ0v) is 8.14. The number of nitrogens with zero attached hydrogens (tertiary/aromatic N) is 3. The first-order chi connectivity index (χ1) is 7.25. The lowest BCUT2D eigenvalue weighted by atomic mass is 10.1. The number of hydrogen-bond acceptors (Lipinski definition) is 3. The number of nitrogens with two attached hydrogens (primary N) is 2. The number of benzene rings is 1. The zero-order chi connectivity index (χ0) is 11.1. The molecule has 0 amide bonds. The Hall–Kier alpha value is -2.31. The van der Waals surface area contributed by atoms with Crippen LogP contribution >= 0.6 is 0 Å². The highest BCUT2D eigenvalue weighted by atomic mass is 15.1. The molecule has 5 nitrogen and oxygen atoms in total. The van der Waals surface area contributed by atoms with Crippen molar-refractivity contribution in [2.75, 3.05) is 18.0 Å². The van der Waals surface area contributed by atoms with Crippen LogP contribution in [0.25, 0.3) is 10.4 Å². The molecule has 0 heterocycles. The summed E-state index contributed by atoms with van der Waals surface area (Å²) in [5.41, 5.74) is 21.1. The van der Waals surface area contributed by atoms with E-state index in [1.807, 2.05) is 0 Å². The summed E-state index contributed by atoms with van der Waals surface area (Å²) in [6, 6.07) is 5.32. The Morgan fingerprint density at radius 2 is 2.20 bits per heavy atom. The van der Waals surface area contributed by atoms with Gasteiger partial charge in [-0.1, -0.05) is 23.0 Å². The topological polar surface area (TPSA) is 101 Å². The zero-order valence-electron chi connectivity index (χ0n) is 8.14. The Bertz CT molecular complexity index is 449. The van der Waals surface area contributed by atoms with Crippen LogP contribution in [0, 0.1) is 11.8 Å². The van der Waals surface area contributed by atoms with Gasteiger partial charge in [0.25, 0.3) is 0 Å². The number of rotatable bonds is 2. The van der Waals surface area contributed by atoms with Crippen LogP contribution in [0.2, 0.25) is 0 Å². The van der Waals surface area contributed by atoms with E-state index >= 15 is 0 Å². The summed E-state index contributed by atoms with van der Waals surface area (Å²) in [6.45, 7) is 0.367. The molecule has 0 aliphatic carbocycles. The van der Waals surface area contributed by atoms with Crippen molar-refractivity contribution in [2.24, 2.45) is 5.11 Å². The van der Waals surface area contributed by atoms with Crippen molar-refractivity contribution in [1.29, 1.82) is 0 Å². The first-order valence-corrected chi connectivity index (χ1v) is 4.39. The SMILES string of the molecule is [N-]=[N+]=NCCC#Cc1cccc(N)c1N. The van der Waals surface area contributed by atoms with Crippen molar-refractivity contribution < 1.29 is 0 Å². The fraction of sp³-hybridized carbons (Fsp3) is 0.200. The predicted molar refractivity (Wildman–Crippen MR) is 60.8 cm³/mol. The summed E-state index contributed by atoms with van der Waals surface area (Å²) in [6.07, 6.45) is 0.512. The molecule has 1 rings (SSSR count). The number of azide groups is 1. The average Bonchev–Trinajstić information content (AvgIpc) is 2.24. The van der Waals surface area contributed by atoms with Crippen molar-refractivity contribution in [3.8, 4) is 11.8 Å². The minimum absolute atomic E-state index is 0.367.